The molecule has 0 saturated carbocycles. The monoisotopic (exact) mass is 253 g/mol. The number of fused-ring (bicyclic) bond motifs is 1. The van der Waals surface area contributed by atoms with E-state index in [-0.39, 0.29) is 6.04 Å². The summed E-state index contributed by atoms with van der Waals surface area (Å²) in [5, 5.41) is 0. The fourth-order valence-corrected chi connectivity index (χ4v) is 2.74. The summed E-state index contributed by atoms with van der Waals surface area (Å²) < 4.78 is 0. The molecule has 0 radical (unpaired) electrons. The van der Waals surface area contributed by atoms with Gasteiger partial charge in [-0.25, -0.2) is 0 Å². The van der Waals surface area contributed by atoms with Crippen molar-refractivity contribution < 1.29 is 0 Å². The SMILES string of the molecule is NC1CCCN(Cc2cccnc2)c2ccccc21. The first-order valence-corrected chi connectivity index (χ1v) is 6.83. The largest absolute Gasteiger partial charge is 0.367 e. The van der Waals surface area contributed by atoms with E-state index in [2.05, 4.69) is 40.2 Å². The summed E-state index contributed by atoms with van der Waals surface area (Å²) in [4.78, 5) is 6.61. The molecule has 0 fully saturated rings. The lowest BCUT2D eigenvalue weighted by atomic mass is 10.0. The van der Waals surface area contributed by atoms with Crippen LogP contribution in [0, 0.1) is 0 Å². The summed E-state index contributed by atoms with van der Waals surface area (Å²) in [7, 11) is 0. The average molecular weight is 253 g/mol. The van der Waals surface area contributed by atoms with Crippen LogP contribution in [-0.2, 0) is 6.54 Å². The molecule has 98 valence electrons. The Balaban J connectivity index is 1.91. The van der Waals surface area contributed by atoms with Crippen LogP contribution in [0.25, 0.3) is 0 Å². The molecule has 0 aliphatic carbocycles. The first kappa shape index (κ1) is 12.2. The van der Waals surface area contributed by atoms with E-state index in [4.69, 9.17) is 5.73 Å². The van der Waals surface area contributed by atoms with Crippen LogP contribution in [0.2, 0.25) is 0 Å². The predicted molar refractivity (Wildman–Crippen MR) is 77.9 cm³/mol. The van der Waals surface area contributed by atoms with Gasteiger partial charge >= 0.3 is 0 Å². The van der Waals surface area contributed by atoms with Gasteiger partial charge in [-0.2, -0.15) is 0 Å². The molecule has 1 aliphatic heterocycles. The summed E-state index contributed by atoms with van der Waals surface area (Å²) in [5.41, 5.74) is 10.0. The Kier molecular flexibility index (Phi) is 3.47. The van der Waals surface area contributed by atoms with Gasteiger partial charge in [0.2, 0.25) is 0 Å². The van der Waals surface area contributed by atoms with Crippen molar-refractivity contribution in [3.8, 4) is 0 Å². The number of hydrogen-bond acceptors (Lipinski definition) is 3. The van der Waals surface area contributed by atoms with Gasteiger partial charge in [0, 0.05) is 37.2 Å². The molecule has 19 heavy (non-hydrogen) atoms. The molecule has 1 atom stereocenters. The Hall–Kier alpha value is -1.87. The van der Waals surface area contributed by atoms with Crippen molar-refractivity contribution in [1.82, 2.24) is 4.98 Å². The number of para-hydroxylation sites is 1. The third-order valence-electron chi connectivity index (χ3n) is 3.72. The Morgan fingerprint density at radius 2 is 2.11 bits per heavy atom. The fraction of sp³-hybridized carbons (Fsp3) is 0.312. The van der Waals surface area contributed by atoms with E-state index in [1.807, 2.05) is 18.5 Å². The molecule has 0 spiro atoms. The lowest BCUT2D eigenvalue weighted by Crippen LogP contribution is -2.23. The van der Waals surface area contributed by atoms with Crippen LogP contribution < -0.4 is 10.6 Å². The van der Waals surface area contributed by atoms with E-state index in [0.717, 1.165) is 25.9 Å². The molecule has 1 aliphatic rings. The first-order chi connectivity index (χ1) is 9.34. The third kappa shape index (κ3) is 2.61. The van der Waals surface area contributed by atoms with Crippen LogP contribution >= 0.6 is 0 Å². The Labute approximate surface area is 114 Å². The van der Waals surface area contributed by atoms with Crippen molar-refractivity contribution in [2.75, 3.05) is 11.4 Å². The third-order valence-corrected chi connectivity index (χ3v) is 3.72. The van der Waals surface area contributed by atoms with Gasteiger partial charge in [-0.15, -0.1) is 0 Å². The smallest absolute Gasteiger partial charge is 0.0444 e. The highest BCUT2D eigenvalue weighted by Gasteiger charge is 2.19. The number of aromatic nitrogens is 1. The number of hydrogen-bond donors (Lipinski definition) is 1. The maximum Gasteiger partial charge on any atom is 0.0444 e. The molecule has 1 aromatic heterocycles. The first-order valence-electron chi connectivity index (χ1n) is 6.83. The number of nitrogens with zero attached hydrogens (tertiary/aromatic N) is 2. The van der Waals surface area contributed by atoms with Gasteiger partial charge in [0.1, 0.15) is 0 Å². The van der Waals surface area contributed by atoms with E-state index in [1.54, 1.807) is 0 Å². The number of rotatable bonds is 2. The normalized spacial score (nSPS) is 18.8. The van der Waals surface area contributed by atoms with Gasteiger partial charge in [-0.05, 0) is 36.1 Å². The summed E-state index contributed by atoms with van der Waals surface area (Å²) in [6.45, 7) is 1.96. The molecule has 0 amide bonds. The second-order valence-corrected chi connectivity index (χ2v) is 5.09. The van der Waals surface area contributed by atoms with Gasteiger partial charge in [0.05, 0.1) is 0 Å². The molecule has 1 unspecified atom stereocenters. The zero-order valence-electron chi connectivity index (χ0n) is 11.0. The topological polar surface area (TPSA) is 42.1 Å². The number of benzene rings is 1. The van der Waals surface area contributed by atoms with E-state index in [9.17, 15) is 0 Å². The Morgan fingerprint density at radius 1 is 1.21 bits per heavy atom. The van der Waals surface area contributed by atoms with Gasteiger partial charge in [0.25, 0.3) is 0 Å². The summed E-state index contributed by atoms with van der Waals surface area (Å²) in [6.07, 6.45) is 5.94. The number of nitrogens with two attached hydrogens (primary N) is 1. The molecule has 0 saturated heterocycles. The predicted octanol–water partition coefficient (Wildman–Crippen LogP) is 2.88. The second kappa shape index (κ2) is 5.41. The van der Waals surface area contributed by atoms with Gasteiger partial charge < -0.3 is 10.6 Å². The van der Waals surface area contributed by atoms with E-state index in [0.29, 0.717) is 0 Å². The standard InChI is InChI=1S/C16H19N3/c17-15-7-4-10-19(12-13-5-3-9-18-11-13)16-8-2-1-6-14(15)16/h1-3,5-6,8-9,11,15H,4,7,10,12,17H2. The second-order valence-electron chi connectivity index (χ2n) is 5.09. The minimum absolute atomic E-state index is 0.162. The highest BCUT2D eigenvalue weighted by Crippen LogP contribution is 2.32. The lowest BCUT2D eigenvalue weighted by molar-refractivity contribution is 0.626. The lowest BCUT2D eigenvalue weighted by Gasteiger charge is -2.25. The van der Waals surface area contributed by atoms with Crippen molar-refractivity contribution in [3.05, 3.63) is 59.9 Å². The molecule has 0 bridgehead atoms. The van der Waals surface area contributed by atoms with Gasteiger partial charge in [-0.1, -0.05) is 24.3 Å². The molecule has 2 N–H and O–H groups in total. The highest BCUT2D eigenvalue weighted by molar-refractivity contribution is 5.56. The minimum atomic E-state index is 0.162. The summed E-state index contributed by atoms with van der Waals surface area (Å²) in [6, 6.07) is 12.8. The van der Waals surface area contributed by atoms with Crippen LogP contribution in [0.4, 0.5) is 5.69 Å². The molecule has 3 nitrogen and oxygen atoms in total. The van der Waals surface area contributed by atoms with Crippen molar-refractivity contribution in [1.29, 1.82) is 0 Å². The van der Waals surface area contributed by atoms with E-state index in [1.165, 1.54) is 16.8 Å². The maximum atomic E-state index is 6.26. The van der Waals surface area contributed by atoms with Gasteiger partial charge in [-0.3, -0.25) is 4.98 Å². The maximum absolute atomic E-state index is 6.26. The van der Waals surface area contributed by atoms with E-state index >= 15 is 0 Å². The van der Waals surface area contributed by atoms with Crippen LogP contribution in [0.1, 0.15) is 30.0 Å². The molecular formula is C16H19N3. The van der Waals surface area contributed by atoms with Crippen molar-refractivity contribution in [2.45, 2.75) is 25.4 Å². The van der Waals surface area contributed by atoms with Crippen molar-refractivity contribution in [3.63, 3.8) is 0 Å². The van der Waals surface area contributed by atoms with Crippen molar-refractivity contribution >= 4 is 5.69 Å². The number of anilines is 1. The van der Waals surface area contributed by atoms with Crippen LogP contribution in [-0.4, -0.2) is 11.5 Å². The van der Waals surface area contributed by atoms with Gasteiger partial charge in [0.15, 0.2) is 0 Å². The fourth-order valence-electron chi connectivity index (χ4n) is 2.74. The number of pyridine rings is 1. The summed E-state index contributed by atoms with van der Waals surface area (Å²) >= 11 is 0. The quantitative estimate of drug-likeness (QED) is 0.894. The zero-order valence-corrected chi connectivity index (χ0v) is 11.0. The zero-order chi connectivity index (χ0) is 13.1. The van der Waals surface area contributed by atoms with Crippen LogP contribution in [0.5, 0.6) is 0 Å². The van der Waals surface area contributed by atoms with E-state index < -0.39 is 0 Å². The minimum Gasteiger partial charge on any atom is -0.367 e. The van der Waals surface area contributed by atoms with Crippen molar-refractivity contribution in [2.24, 2.45) is 5.73 Å². The van der Waals surface area contributed by atoms with Crippen LogP contribution in [0.15, 0.2) is 48.8 Å². The molecular weight excluding hydrogens is 234 g/mol. The average Bonchev–Trinajstić information content (AvgIpc) is 2.61. The van der Waals surface area contributed by atoms with Crippen LogP contribution in [0.3, 0.4) is 0 Å². The summed E-state index contributed by atoms with van der Waals surface area (Å²) in [5.74, 6) is 0. The Morgan fingerprint density at radius 3 is 2.95 bits per heavy atom. The Bertz CT molecular complexity index is 539. The molecule has 3 heteroatoms. The molecule has 2 heterocycles. The molecule has 1 aromatic carbocycles. The molecule has 3 rings (SSSR count). The highest BCUT2D eigenvalue weighted by atomic mass is 15.1. The molecule has 2 aromatic rings.